The normalized spacial score (nSPS) is 23.1. The molecule has 0 unspecified atom stereocenters. The fourth-order valence-corrected chi connectivity index (χ4v) is 6.48. The largest absolute Gasteiger partial charge is 0.394 e. The van der Waals surface area contributed by atoms with E-state index < -0.39 is 61.5 Å². The lowest BCUT2D eigenvalue weighted by Crippen LogP contribution is -2.60. The van der Waals surface area contributed by atoms with Gasteiger partial charge in [-0.1, -0.05) is 153 Å². The molecule has 51 heavy (non-hydrogen) atoms. The van der Waals surface area contributed by atoms with Gasteiger partial charge < -0.3 is 45.4 Å². The highest BCUT2D eigenvalue weighted by atomic mass is 16.7. The van der Waals surface area contributed by atoms with Gasteiger partial charge in [0.15, 0.2) is 6.29 Å². The monoisotopic (exact) mass is 728 g/mol. The van der Waals surface area contributed by atoms with Gasteiger partial charge in [-0.15, -0.1) is 0 Å². The van der Waals surface area contributed by atoms with Crippen molar-refractivity contribution in [2.45, 2.75) is 217 Å². The van der Waals surface area contributed by atoms with Gasteiger partial charge in [0.05, 0.1) is 25.4 Å². The Morgan fingerprint density at radius 2 is 1.27 bits per heavy atom. The zero-order valence-corrected chi connectivity index (χ0v) is 32.4. The van der Waals surface area contributed by atoms with Gasteiger partial charge in [0.2, 0.25) is 5.91 Å². The third-order valence-electron chi connectivity index (χ3n) is 10.00. The maximum Gasteiger partial charge on any atom is 0.249 e. The first-order valence-electron chi connectivity index (χ1n) is 20.6. The minimum atomic E-state index is -1.61. The highest BCUT2D eigenvalue weighted by Gasteiger charge is 2.44. The number of hydrogen-bond acceptors (Lipinski definition) is 9. The van der Waals surface area contributed by atoms with Crippen LogP contribution in [0.3, 0.4) is 0 Å². The molecule has 300 valence electrons. The highest BCUT2D eigenvalue weighted by Crippen LogP contribution is 2.22. The number of amides is 1. The zero-order valence-electron chi connectivity index (χ0n) is 32.4. The molecule has 0 bridgehead atoms. The molecule has 0 radical (unpaired) electrons. The quantitative estimate of drug-likeness (QED) is 0.0301. The molecule has 1 heterocycles. The Hall–Kier alpha value is -1.37. The maximum absolute atomic E-state index is 13.0. The molecule has 0 aromatic rings. The Kier molecular flexibility index (Phi) is 29.0. The molecule has 7 N–H and O–H groups in total. The highest BCUT2D eigenvalue weighted by molar-refractivity contribution is 5.80. The number of allylic oxidation sites excluding steroid dienone is 3. The summed E-state index contributed by atoms with van der Waals surface area (Å²) in [7, 11) is 0. The Labute approximate surface area is 310 Å². The first kappa shape index (κ1) is 47.7. The van der Waals surface area contributed by atoms with E-state index in [1.165, 1.54) is 102 Å². The van der Waals surface area contributed by atoms with E-state index in [2.05, 4.69) is 32.2 Å². The second kappa shape index (κ2) is 31.0. The lowest BCUT2D eigenvalue weighted by atomic mass is 9.99. The molecule has 0 aromatic carbocycles. The maximum atomic E-state index is 13.0. The van der Waals surface area contributed by atoms with Crippen molar-refractivity contribution in [2.24, 2.45) is 0 Å². The molecule has 1 aliphatic rings. The van der Waals surface area contributed by atoms with Crippen molar-refractivity contribution in [1.29, 1.82) is 0 Å². The van der Waals surface area contributed by atoms with Crippen LogP contribution in [0.4, 0.5) is 0 Å². The summed E-state index contributed by atoms with van der Waals surface area (Å²) in [4.78, 5) is 13.0. The summed E-state index contributed by atoms with van der Waals surface area (Å²) < 4.78 is 11.1. The third kappa shape index (κ3) is 22.4. The first-order valence-corrected chi connectivity index (χ1v) is 20.6. The van der Waals surface area contributed by atoms with Crippen molar-refractivity contribution in [2.75, 3.05) is 13.2 Å². The van der Waals surface area contributed by atoms with Crippen LogP contribution < -0.4 is 5.32 Å². The third-order valence-corrected chi connectivity index (χ3v) is 10.00. The summed E-state index contributed by atoms with van der Waals surface area (Å²) in [6.45, 7) is 5.70. The molecule has 1 fully saturated rings. The molecule has 0 aliphatic carbocycles. The molecule has 0 aromatic heterocycles. The Balaban J connectivity index is 2.59. The average molecular weight is 728 g/mol. The van der Waals surface area contributed by atoms with Gasteiger partial charge in [0, 0.05) is 0 Å². The number of hydrogen-bond donors (Lipinski definition) is 7. The van der Waals surface area contributed by atoms with Gasteiger partial charge in [0.25, 0.3) is 0 Å². The Morgan fingerprint density at radius 1 is 0.745 bits per heavy atom. The van der Waals surface area contributed by atoms with Crippen molar-refractivity contribution in [3.05, 3.63) is 23.8 Å². The summed E-state index contributed by atoms with van der Waals surface area (Å²) >= 11 is 0. The molecular formula is C41H77NO9. The molecule has 10 nitrogen and oxygen atoms in total. The van der Waals surface area contributed by atoms with E-state index in [1.807, 2.05) is 6.08 Å². The second-order valence-corrected chi connectivity index (χ2v) is 14.8. The van der Waals surface area contributed by atoms with E-state index in [9.17, 15) is 35.4 Å². The number of aliphatic hydroxyl groups excluding tert-OH is 6. The number of rotatable bonds is 32. The lowest BCUT2D eigenvalue weighted by Gasteiger charge is -2.40. The van der Waals surface area contributed by atoms with E-state index in [4.69, 9.17) is 9.47 Å². The van der Waals surface area contributed by atoms with Crippen molar-refractivity contribution in [3.8, 4) is 0 Å². The van der Waals surface area contributed by atoms with E-state index in [0.717, 1.165) is 32.1 Å². The minimum Gasteiger partial charge on any atom is -0.394 e. The van der Waals surface area contributed by atoms with E-state index >= 15 is 0 Å². The Bertz CT molecular complexity index is 898. The number of carbonyl (C=O) groups excluding carboxylic acids is 1. The van der Waals surface area contributed by atoms with E-state index in [-0.39, 0.29) is 6.61 Å². The number of nitrogens with one attached hydrogen (secondary N) is 1. The Morgan fingerprint density at radius 3 is 1.82 bits per heavy atom. The second-order valence-electron chi connectivity index (χ2n) is 14.8. The smallest absolute Gasteiger partial charge is 0.249 e. The zero-order chi connectivity index (χ0) is 37.7. The predicted octanol–water partition coefficient (Wildman–Crippen LogP) is 6.52. The topological polar surface area (TPSA) is 169 Å². The standard InChI is InChI=1S/C41H77NO9/c1-4-6-8-10-12-13-14-15-16-18-20-24-29-35(45)40(49)42-33(31-50-41-39(48)38(47)37(46)36(30-43)51-41)34(44)28-25-21-23-27-32(3)26-22-19-17-11-9-7-5-2/h25,27-28,33-39,41,43-48H,4-24,26,29-31H2,1-3H3,(H,42,49)/b28-25+,32-27+/t33-,34+,35+,36-,37-,38+,39-,41-/m1/s1. The minimum absolute atomic E-state index is 0.306. The number of ether oxygens (including phenoxy) is 2. The number of carbonyl (C=O) groups is 1. The van der Waals surface area contributed by atoms with Crippen molar-refractivity contribution >= 4 is 5.91 Å². The van der Waals surface area contributed by atoms with Crippen LogP contribution in [0.15, 0.2) is 23.8 Å². The van der Waals surface area contributed by atoms with Crippen LogP contribution in [0, 0.1) is 0 Å². The molecular weight excluding hydrogens is 650 g/mol. The van der Waals surface area contributed by atoms with Crippen LogP contribution in [0.2, 0.25) is 0 Å². The van der Waals surface area contributed by atoms with Crippen molar-refractivity contribution in [3.63, 3.8) is 0 Å². The summed E-state index contributed by atoms with van der Waals surface area (Å²) in [6, 6.07) is -0.993. The van der Waals surface area contributed by atoms with Crippen LogP contribution in [0.5, 0.6) is 0 Å². The molecule has 1 amide bonds. The summed E-state index contributed by atoms with van der Waals surface area (Å²) in [5.41, 5.74) is 1.36. The van der Waals surface area contributed by atoms with E-state index in [0.29, 0.717) is 19.3 Å². The van der Waals surface area contributed by atoms with Gasteiger partial charge in [-0.3, -0.25) is 4.79 Å². The van der Waals surface area contributed by atoms with Crippen LogP contribution in [-0.4, -0.2) is 98.7 Å². The molecule has 1 rings (SSSR count). The van der Waals surface area contributed by atoms with Crippen LogP contribution in [0.25, 0.3) is 0 Å². The fourth-order valence-electron chi connectivity index (χ4n) is 6.48. The predicted molar refractivity (Wildman–Crippen MR) is 204 cm³/mol. The van der Waals surface area contributed by atoms with Gasteiger partial charge >= 0.3 is 0 Å². The molecule has 10 heteroatoms. The lowest BCUT2D eigenvalue weighted by molar-refractivity contribution is -0.302. The molecule has 1 aliphatic heterocycles. The summed E-state index contributed by atoms with van der Waals surface area (Å²) in [5, 5.41) is 64.5. The van der Waals surface area contributed by atoms with Gasteiger partial charge in [-0.25, -0.2) is 0 Å². The number of unbranched alkanes of at least 4 members (excludes halogenated alkanes) is 18. The van der Waals surface area contributed by atoms with Crippen LogP contribution in [-0.2, 0) is 14.3 Å². The molecule has 0 spiro atoms. The van der Waals surface area contributed by atoms with Crippen molar-refractivity contribution in [1.82, 2.24) is 5.32 Å². The summed E-state index contributed by atoms with van der Waals surface area (Å²) in [6.07, 6.45) is 22.0. The number of aliphatic hydroxyl groups is 6. The summed E-state index contributed by atoms with van der Waals surface area (Å²) in [5.74, 6) is -0.628. The first-order chi connectivity index (χ1) is 24.7. The molecule has 0 saturated carbocycles. The average Bonchev–Trinajstić information content (AvgIpc) is 3.12. The van der Waals surface area contributed by atoms with Crippen LogP contribution in [0.1, 0.15) is 168 Å². The van der Waals surface area contributed by atoms with Crippen molar-refractivity contribution < 1.29 is 44.9 Å². The van der Waals surface area contributed by atoms with Gasteiger partial charge in [0.1, 0.15) is 30.5 Å². The van der Waals surface area contributed by atoms with E-state index in [1.54, 1.807) is 6.08 Å². The van der Waals surface area contributed by atoms with Gasteiger partial charge in [-0.05, 0) is 39.0 Å². The molecule has 8 atom stereocenters. The molecule has 1 saturated heterocycles. The fraction of sp³-hybridized carbons (Fsp3) is 0.878. The van der Waals surface area contributed by atoms with Crippen LogP contribution >= 0.6 is 0 Å². The SMILES string of the molecule is CCCCCCCCCCCCCC[C@H](O)C(=O)N[C@H](CO[C@@H]1O[C@H](CO)[C@@H](O)[C@H](O)[C@H]1O)[C@@H](O)/C=C/CC/C=C(\C)CCCCCCCCC. The van der Waals surface area contributed by atoms with Gasteiger partial charge in [-0.2, -0.15) is 0 Å².